The van der Waals surface area contributed by atoms with Crippen LogP contribution in [-0.4, -0.2) is 9.97 Å². The van der Waals surface area contributed by atoms with Gasteiger partial charge in [0.25, 0.3) is 0 Å². The second kappa shape index (κ2) is 5.69. The molecule has 1 heterocycles. The molecule has 0 bridgehead atoms. The van der Waals surface area contributed by atoms with Crippen molar-refractivity contribution in [2.24, 2.45) is 0 Å². The highest BCUT2D eigenvalue weighted by molar-refractivity contribution is 9.09. The van der Waals surface area contributed by atoms with E-state index in [0.29, 0.717) is 11.0 Å². The first kappa shape index (κ1) is 13.8. The maximum atomic E-state index is 11.4. The standard InChI is InChI=1S/C16H13BrN2O2/c17-12(8-10-4-2-1-3-5-10)11-6-7-13-14(9-11)19-16(21)15(20)18-13/h1-7,9,12H,8H2,(H,18,20)(H,19,21). The normalized spacial score (nSPS) is 12.4. The number of hydrogen-bond acceptors (Lipinski definition) is 2. The second-order valence-corrected chi connectivity index (χ2v) is 5.98. The van der Waals surface area contributed by atoms with Crippen molar-refractivity contribution >= 4 is 27.0 Å². The van der Waals surface area contributed by atoms with Gasteiger partial charge in [-0.25, -0.2) is 0 Å². The molecule has 0 saturated heterocycles. The number of nitrogens with one attached hydrogen (secondary N) is 2. The van der Waals surface area contributed by atoms with Crippen LogP contribution in [0.1, 0.15) is 16.0 Å². The summed E-state index contributed by atoms with van der Waals surface area (Å²) in [7, 11) is 0. The van der Waals surface area contributed by atoms with Crippen molar-refractivity contribution in [1.29, 1.82) is 0 Å². The molecule has 5 heteroatoms. The minimum absolute atomic E-state index is 0.139. The molecule has 21 heavy (non-hydrogen) atoms. The molecule has 0 fully saturated rings. The Morgan fingerprint density at radius 2 is 1.57 bits per heavy atom. The average molecular weight is 345 g/mol. The number of halogens is 1. The first-order chi connectivity index (χ1) is 10.1. The molecule has 0 spiro atoms. The van der Waals surface area contributed by atoms with Crippen molar-refractivity contribution in [2.45, 2.75) is 11.2 Å². The van der Waals surface area contributed by atoms with E-state index in [-0.39, 0.29) is 4.83 Å². The number of alkyl halides is 1. The lowest BCUT2D eigenvalue weighted by atomic mass is 10.0. The molecular weight excluding hydrogens is 332 g/mol. The Bertz CT molecular complexity index is 884. The zero-order valence-electron chi connectivity index (χ0n) is 11.1. The fourth-order valence-electron chi connectivity index (χ4n) is 2.27. The molecule has 2 aromatic carbocycles. The van der Waals surface area contributed by atoms with Gasteiger partial charge in [-0.3, -0.25) is 9.59 Å². The van der Waals surface area contributed by atoms with E-state index in [9.17, 15) is 9.59 Å². The smallest absolute Gasteiger partial charge is 0.314 e. The largest absolute Gasteiger partial charge is 0.316 e. The van der Waals surface area contributed by atoms with E-state index < -0.39 is 11.1 Å². The van der Waals surface area contributed by atoms with Crippen LogP contribution in [-0.2, 0) is 6.42 Å². The third-order valence-corrected chi connectivity index (χ3v) is 4.22. The van der Waals surface area contributed by atoms with E-state index in [4.69, 9.17) is 0 Å². The number of benzene rings is 2. The van der Waals surface area contributed by atoms with E-state index in [0.717, 1.165) is 12.0 Å². The van der Waals surface area contributed by atoms with Gasteiger partial charge in [-0.1, -0.05) is 52.3 Å². The molecule has 0 aliphatic carbocycles. The third kappa shape index (κ3) is 2.97. The summed E-state index contributed by atoms with van der Waals surface area (Å²) in [4.78, 5) is 28.0. The van der Waals surface area contributed by atoms with Gasteiger partial charge in [-0.05, 0) is 29.7 Å². The van der Waals surface area contributed by atoms with Crippen molar-refractivity contribution in [3.8, 4) is 0 Å². The van der Waals surface area contributed by atoms with E-state index >= 15 is 0 Å². The fourth-order valence-corrected chi connectivity index (χ4v) is 2.92. The molecule has 0 radical (unpaired) electrons. The summed E-state index contributed by atoms with van der Waals surface area (Å²) in [6.07, 6.45) is 0.847. The van der Waals surface area contributed by atoms with Crippen LogP contribution in [0.2, 0.25) is 0 Å². The van der Waals surface area contributed by atoms with E-state index in [2.05, 4.69) is 38.0 Å². The summed E-state index contributed by atoms with van der Waals surface area (Å²) >= 11 is 3.68. The van der Waals surface area contributed by atoms with Crippen LogP contribution < -0.4 is 11.1 Å². The summed E-state index contributed by atoms with van der Waals surface area (Å²) in [6.45, 7) is 0. The molecular formula is C16H13BrN2O2. The Morgan fingerprint density at radius 1 is 0.905 bits per heavy atom. The second-order valence-electron chi connectivity index (χ2n) is 4.87. The maximum Gasteiger partial charge on any atom is 0.314 e. The van der Waals surface area contributed by atoms with Crippen LogP contribution in [0, 0.1) is 0 Å². The molecule has 0 aliphatic rings. The Balaban J connectivity index is 1.95. The first-order valence-electron chi connectivity index (χ1n) is 6.58. The minimum Gasteiger partial charge on any atom is -0.316 e. The monoisotopic (exact) mass is 344 g/mol. The van der Waals surface area contributed by atoms with Crippen molar-refractivity contribution in [1.82, 2.24) is 9.97 Å². The molecule has 4 nitrogen and oxygen atoms in total. The zero-order chi connectivity index (χ0) is 14.8. The van der Waals surface area contributed by atoms with Gasteiger partial charge < -0.3 is 9.97 Å². The lowest BCUT2D eigenvalue weighted by molar-refractivity contribution is 0.949. The molecule has 1 unspecified atom stereocenters. The minimum atomic E-state index is -0.631. The van der Waals surface area contributed by atoms with Crippen LogP contribution in [0.4, 0.5) is 0 Å². The Labute approximate surface area is 129 Å². The number of H-pyrrole nitrogens is 2. The molecule has 1 atom stereocenters. The summed E-state index contributed by atoms with van der Waals surface area (Å²) in [6, 6.07) is 15.8. The van der Waals surface area contributed by atoms with Crippen molar-refractivity contribution in [3.63, 3.8) is 0 Å². The fraction of sp³-hybridized carbons (Fsp3) is 0.125. The highest BCUT2D eigenvalue weighted by Crippen LogP contribution is 2.28. The average Bonchev–Trinajstić information content (AvgIpc) is 2.49. The predicted octanol–water partition coefficient (Wildman–Crippen LogP) is 2.90. The Kier molecular flexibility index (Phi) is 3.75. The molecule has 3 rings (SSSR count). The van der Waals surface area contributed by atoms with E-state index in [1.54, 1.807) is 6.07 Å². The zero-order valence-corrected chi connectivity index (χ0v) is 12.7. The van der Waals surface area contributed by atoms with Crippen LogP contribution in [0.15, 0.2) is 58.1 Å². The summed E-state index contributed by atoms with van der Waals surface area (Å²) in [5, 5.41) is 0. The Hall–Kier alpha value is -2.14. The van der Waals surface area contributed by atoms with Gasteiger partial charge in [0.2, 0.25) is 0 Å². The van der Waals surface area contributed by atoms with Gasteiger partial charge in [0.15, 0.2) is 0 Å². The van der Waals surface area contributed by atoms with Crippen LogP contribution in [0.3, 0.4) is 0 Å². The van der Waals surface area contributed by atoms with Gasteiger partial charge in [0.1, 0.15) is 0 Å². The van der Waals surface area contributed by atoms with Gasteiger partial charge in [0.05, 0.1) is 11.0 Å². The van der Waals surface area contributed by atoms with Gasteiger partial charge in [-0.2, -0.15) is 0 Å². The highest BCUT2D eigenvalue weighted by atomic mass is 79.9. The lowest BCUT2D eigenvalue weighted by Crippen LogP contribution is -2.28. The highest BCUT2D eigenvalue weighted by Gasteiger charge is 2.10. The predicted molar refractivity (Wildman–Crippen MR) is 87.0 cm³/mol. The van der Waals surface area contributed by atoms with Crippen LogP contribution in [0.25, 0.3) is 11.0 Å². The molecule has 1 aromatic heterocycles. The van der Waals surface area contributed by atoms with Crippen LogP contribution in [0.5, 0.6) is 0 Å². The number of rotatable bonds is 3. The third-order valence-electron chi connectivity index (χ3n) is 3.37. The number of aromatic amines is 2. The molecule has 3 aromatic rings. The first-order valence-corrected chi connectivity index (χ1v) is 7.49. The number of aromatic nitrogens is 2. The summed E-state index contributed by atoms with van der Waals surface area (Å²) in [5.74, 6) is 0. The van der Waals surface area contributed by atoms with E-state index in [1.165, 1.54) is 5.56 Å². The van der Waals surface area contributed by atoms with Crippen molar-refractivity contribution in [3.05, 3.63) is 80.4 Å². The Morgan fingerprint density at radius 3 is 2.29 bits per heavy atom. The van der Waals surface area contributed by atoms with Gasteiger partial charge in [-0.15, -0.1) is 0 Å². The summed E-state index contributed by atoms with van der Waals surface area (Å²) < 4.78 is 0. The molecule has 2 N–H and O–H groups in total. The lowest BCUT2D eigenvalue weighted by Gasteiger charge is -2.11. The van der Waals surface area contributed by atoms with Gasteiger partial charge in [0, 0.05) is 4.83 Å². The molecule has 0 aliphatic heterocycles. The van der Waals surface area contributed by atoms with Crippen LogP contribution >= 0.6 is 15.9 Å². The molecule has 106 valence electrons. The maximum absolute atomic E-state index is 11.4. The van der Waals surface area contributed by atoms with Gasteiger partial charge >= 0.3 is 11.1 Å². The van der Waals surface area contributed by atoms with Crippen molar-refractivity contribution in [2.75, 3.05) is 0 Å². The SMILES string of the molecule is O=c1[nH]c2ccc(C(Br)Cc3ccccc3)cc2[nH]c1=O. The quantitative estimate of drug-likeness (QED) is 0.566. The molecule has 0 saturated carbocycles. The number of fused-ring (bicyclic) bond motifs is 1. The van der Waals surface area contributed by atoms with E-state index in [1.807, 2.05) is 30.3 Å². The van der Waals surface area contributed by atoms with Crippen molar-refractivity contribution < 1.29 is 0 Å². The number of hydrogen-bond donors (Lipinski definition) is 2. The topological polar surface area (TPSA) is 65.7 Å². The molecule has 0 amide bonds. The summed E-state index contributed by atoms with van der Waals surface area (Å²) in [5.41, 5.74) is 2.28.